The summed E-state index contributed by atoms with van der Waals surface area (Å²) in [5.74, 6) is 0. The van der Waals surface area contributed by atoms with Crippen LogP contribution in [0.4, 0.5) is 4.79 Å². The second kappa shape index (κ2) is 6.65. The van der Waals surface area contributed by atoms with Crippen LogP contribution in [0.3, 0.4) is 0 Å². The molecule has 0 atom stereocenters. The van der Waals surface area contributed by atoms with Crippen molar-refractivity contribution < 1.29 is 4.79 Å². The maximum absolute atomic E-state index is 11.9. The van der Waals surface area contributed by atoms with Crippen molar-refractivity contribution in [2.24, 2.45) is 0 Å². The summed E-state index contributed by atoms with van der Waals surface area (Å²) in [7, 11) is 0. The van der Waals surface area contributed by atoms with E-state index in [0.29, 0.717) is 13.1 Å². The number of carbonyl (C=O) groups is 1. The molecule has 0 saturated heterocycles. The summed E-state index contributed by atoms with van der Waals surface area (Å²) >= 11 is 0. The normalized spacial score (nSPS) is 12.8. The predicted molar refractivity (Wildman–Crippen MR) is 88.7 cm³/mol. The summed E-state index contributed by atoms with van der Waals surface area (Å²) in [5, 5.41) is 5.84. The van der Waals surface area contributed by atoms with Crippen molar-refractivity contribution in [1.29, 1.82) is 0 Å². The lowest BCUT2D eigenvalue weighted by Crippen LogP contribution is -2.34. The van der Waals surface area contributed by atoms with Gasteiger partial charge in [0.15, 0.2) is 0 Å². The minimum atomic E-state index is -0.122. The summed E-state index contributed by atoms with van der Waals surface area (Å²) in [5.41, 5.74) is 6.43. The number of fused-ring (bicyclic) bond motifs is 1. The van der Waals surface area contributed by atoms with E-state index in [1.807, 2.05) is 18.2 Å². The van der Waals surface area contributed by atoms with E-state index < -0.39 is 0 Å². The molecule has 0 fully saturated rings. The Hall–Kier alpha value is -2.29. The number of aryl methyl sites for hydroxylation is 3. The lowest BCUT2D eigenvalue weighted by molar-refractivity contribution is 0.240. The second-order valence-corrected chi connectivity index (χ2v) is 5.92. The summed E-state index contributed by atoms with van der Waals surface area (Å²) in [6, 6.07) is 14.5. The largest absolute Gasteiger partial charge is 0.334 e. The molecular formula is C19H22N2O. The monoisotopic (exact) mass is 294 g/mol. The average Bonchev–Trinajstić information content (AvgIpc) is 2.99. The predicted octanol–water partition coefficient (Wildman–Crippen LogP) is 3.48. The quantitative estimate of drug-likeness (QED) is 0.890. The first-order chi connectivity index (χ1) is 10.7. The van der Waals surface area contributed by atoms with Crippen molar-refractivity contribution in [3.05, 3.63) is 70.3 Å². The zero-order chi connectivity index (χ0) is 15.4. The smallest absolute Gasteiger partial charge is 0.315 e. The zero-order valence-electron chi connectivity index (χ0n) is 13.0. The number of benzene rings is 2. The molecule has 2 N–H and O–H groups in total. The highest BCUT2D eigenvalue weighted by Crippen LogP contribution is 2.22. The van der Waals surface area contributed by atoms with Crippen LogP contribution in [-0.4, -0.2) is 6.03 Å². The van der Waals surface area contributed by atoms with Crippen molar-refractivity contribution in [2.45, 2.75) is 39.3 Å². The molecule has 2 amide bonds. The van der Waals surface area contributed by atoms with Crippen LogP contribution in [0.2, 0.25) is 0 Å². The Morgan fingerprint density at radius 3 is 2.64 bits per heavy atom. The van der Waals surface area contributed by atoms with E-state index in [1.165, 1.54) is 41.5 Å². The van der Waals surface area contributed by atoms with Crippen molar-refractivity contribution in [1.82, 2.24) is 10.6 Å². The van der Waals surface area contributed by atoms with Gasteiger partial charge in [0, 0.05) is 13.1 Å². The Morgan fingerprint density at radius 1 is 1.00 bits per heavy atom. The summed E-state index contributed by atoms with van der Waals surface area (Å²) < 4.78 is 0. The second-order valence-electron chi connectivity index (χ2n) is 5.92. The number of hydrogen-bond donors (Lipinski definition) is 2. The lowest BCUT2D eigenvalue weighted by atomic mass is 10.1. The topological polar surface area (TPSA) is 41.1 Å². The van der Waals surface area contributed by atoms with Crippen molar-refractivity contribution in [3.63, 3.8) is 0 Å². The van der Waals surface area contributed by atoms with Gasteiger partial charge in [0.05, 0.1) is 0 Å². The van der Waals surface area contributed by atoms with Gasteiger partial charge in [-0.2, -0.15) is 0 Å². The van der Waals surface area contributed by atoms with E-state index in [9.17, 15) is 4.79 Å². The first-order valence-electron chi connectivity index (χ1n) is 7.89. The van der Waals surface area contributed by atoms with Gasteiger partial charge in [-0.25, -0.2) is 4.79 Å². The first-order valence-corrected chi connectivity index (χ1v) is 7.89. The van der Waals surface area contributed by atoms with Crippen LogP contribution in [0, 0.1) is 6.92 Å². The lowest BCUT2D eigenvalue weighted by Gasteiger charge is -2.10. The average molecular weight is 294 g/mol. The molecule has 3 heteroatoms. The first kappa shape index (κ1) is 14.6. The number of nitrogens with one attached hydrogen (secondary N) is 2. The van der Waals surface area contributed by atoms with Crippen LogP contribution in [0.15, 0.2) is 42.5 Å². The molecule has 2 aromatic rings. The van der Waals surface area contributed by atoms with E-state index in [0.717, 1.165) is 5.56 Å². The van der Waals surface area contributed by atoms with Crippen molar-refractivity contribution in [3.8, 4) is 0 Å². The number of hydrogen-bond acceptors (Lipinski definition) is 1. The maximum atomic E-state index is 11.9. The van der Waals surface area contributed by atoms with Gasteiger partial charge in [-0.15, -0.1) is 0 Å². The van der Waals surface area contributed by atoms with Crippen molar-refractivity contribution in [2.75, 3.05) is 0 Å². The molecule has 22 heavy (non-hydrogen) atoms. The van der Waals surface area contributed by atoms with Gasteiger partial charge in [0.1, 0.15) is 0 Å². The molecule has 0 bridgehead atoms. The van der Waals surface area contributed by atoms with Crippen LogP contribution in [0.25, 0.3) is 0 Å². The Morgan fingerprint density at radius 2 is 1.77 bits per heavy atom. The van der Waals surface area contributed by atoms with Gasteiger partial charge in [-0.05, 0) is 54.0 Å². The minimum Gasteiger partial charge on any atom is -0.334 e. The van der Waals surface area contributed by atoms with Gasteiger partial charge in [-0.3, -0.25) is 0 Å². The highest BCUT2D eigenvalue weighted by atomic mass is 16.2. The molecule has 0 unspecified atom stereocenters. The molecule has 0 spiro atoms. The molecule has 0 heterocycles. The van der Waals surface area contributed by atoms with E-state index in [2.05, 4.69) is 41.8 Å². The highest BCUT2D eigenvalue weighted by Gasteiger charge is 2.11. The number of rotatable bonds is 4. The van der Waals surface area contributed by atoms with E-state index >= 15 is 0 Å². The van der Waals surface area contributed by atoms with Gasteiger partial charge in [0.25, 0.3) is 0 Å². The fourth-order valence-corrected chi connectivity index (χ4v) is 2.96. The third-order valence-corrected chi connectivity index (χ3v) is 4.32. The zero-order valence-corrected chi connectivity index (χ0v) is 13.0. The molecule has 1 aliphatic carbocycles. The molecule has 2 aromatic carbocycles. The van der Waals surface area contributed by atoms with E-state index in [1.54, 1.807) is 0 Å². The molecule has 1 aliphatic rings. The third-order valence-electron chi connectivity index (χ3n) is 4.32. The maximum Gasteiger partial charge on any atom is 0.315 e. The molecule has 0 aromatic heterocycles. The number of carbonyl (C=O) groups excluding carboxylic acids is 1. The Bertz CT molecular complexity index is 679. The number of amides is 2. The highest BCUT2D eigenvalue weighted by molar-refractivity contribution is 5.73. The van der Waals surface area contributed by atoms with E-state index in [-0.39, 0.29) is 6.03 Å². The summed E-state index contributed by atoms with van der Waals surface area (Å²) in [6.45, 7) is 3.19. The van der Waals surface area contributed by atoms with Gasteiger partial charge < -0.3 is 10.6 Å². The van der Waals surface area contributed by atoms with Gasteiger partial charge in [0.2, 0.25) is 0 Å². The van der Waals surface area contributed by atoms with Gasteiger partial charge in [-0.1, -0.05) is 42.5 Å². The molecule has 0 radical (unpaired) electrons. The molecule has 0 saturated carbocycles. The standard InChI is InChI=1S/C19H22N2O/c1-14-5-2-3-6-18(14)13-21-19(22)20-12-15-9-10-16-7-4-8-17(16)11-15/h2-3,5-6,9-11H,4,7-8,12-13H2,1H3,(H2,20,21,22). The Balaban J connectivity index is 1.49. The van der Waals surface area contributed by atoms with Crippen LogP contribution in [0.1, 0.15) is 34.2 Å². The number of urea groups is 1. The summed E-state index contributed by atoms with van der Waals surface area (Å²) in [4.78, 5) is 11.9. The van der Waals surface area contributed by atoms with Crippen LogP contribution in [-0.2, 0) is 25.9 Å². The van der Waals surface area contributed by atoms with Crippen LogP contribution >= 0.6 is 0 Å². The van der Waals surface area contributed by atoms with Crippen LogP contribution in [0.5, 0.6) is 0 Å². The summed E-state index contributed by atoms with van der Waals surface area (Å²) in [6.07, 6.45) is 3.62. The Labute approximate surface area is 131 Å². The van der Waals surface area contributed by atoms with E-state index in [4.69, 9.17) is 0 Å². The fraction of sp³-hybridized carbons (Fsp3) is 0.316. The molecule has 3 rings (SSSR count). The third kappa shape index (κ3) is 3.48. The SMILES string of the molecule is Cc1ccccc1CNC(=O)NCc1ccc2c(c1)CCC2. The molecule has 114 valence electrons. The minimum absolute atomic E-state index is 0.122. The van der Waals surface area contributed by atoms with Crippen molar-refractivity contribution >= 4 is 6.03 Å². The molecule has 0 aliphatic heterocycles. The van der Waals surface area contributed by atoms with Gasteiger partial charge >= 0.3 is 6.03 Å². The molecule has 3 nitrogen and oxygen atoms in total. The molecular weight excluding hydrogens is 272 g/mol. The van der Waals surface area contributed by atoms with Crippen LogP contribution < -0.4 is 10.6 Å². The fourth-order valence-electron chi connectivity index (χ4n) is 2.96. The Kier molecular flexibility index (Phi) is 4.42.